The van der Waals surface area contributed by atoms with Gasteiger partial charge in [-0.1, -0.05) is 19.1 Å². The fourth-order valence-electron chi connectivity index (χ4n) is 2.56. The predicted molar refractivity (Wildman–Crippen MR) is 106 cm³/mol. The SMILES string of the molecule is CCc1ccc(NC(=O)[C@H](C)NC(=O)CNC(=O)CCN2C(=O)C=CC2=O)cc1. The number of hydrogen-bond donors (Lipinski definition) is 3. The molecule has 1 heterocycles. The Morgan fingerprint density at radius 3 is 2.21 bits per heavy atom. The Kier molecular flexibility index (Phi) is 7.64. The number of aryl methyl sites for hydroxylation is 1. The maximum Gasteiger partial charge on any atom is 0.253 e. The number of amides is 5. The summed E-state index contributed by atoms with van der Waals surface area (Å²) in [4.78, 5) is 59.6. The largest absolute Gasteiger partial charge is 0.347 e. The molecule has 0 fully saturated rings. The van der Waals surface area contributed by atoms with Gasteiger partial charge in [-0.15, -0.1) is 0 Å². The van der Waals surface area contributed by atoms with E-state index in [0.717, 1.165) is 29.0 Å². The lowest BCUT2D eigenvalue weighted by Crippen LogP contribution is -2.46. The summed E-state index contributed by atoms with van der Waals surface area (Å²) >= 11 is 0. The quantitative estimate of drug-likeness (QED) is 0.508. The standard InChI is InChI=1S/C20H24N4O5/c1-3-14-4-6-15(7-5-14)23-20(29)13(2)22-17(26)12-21-16(25)10-11-24-18(27)8-9-19(24)28/h4-9,13H,3,10-12H2,1-2H3,(H,21,25)(H,22,26)(H,23,29)/t13-/m0/s1. The molecule has 0 saturated carbocycles. The number of rotatable bonds is 9. The van der Waals surface area contributed by atoms with Crippen molar-refractivity contribution in [1.82, 2.24) is 15.5 Å². The first-order valence-electron chi connectivity index (χ1n) is 9.29. The van der Waals surface area contributed by atoms with E-state index in [1.54, 1.807) is 12.1 Å². The Labute approximate surface area is 168 Å². The van der Waals surface area contributed by atoms with Gasteiger partial charge < -0.3 is 16.0 Å². The van der Waals surface area contributed by atoms with Crippen molar-refractivity contribution in [2.24, 2.45) is 0 Å². The van der Waals surface area contributed by atoms with Crippen LogP contribution in [0.5, 0.6) is 0 Å². The van der Waals surface area contributed by atoms with Gasteiger partial charge in [0.15, 0.2) is 0 Å². The van der Waals surface area contributed by atoms with Crippen LogP contribution in [0.2, 0.25) is 0 Å². The van der Waals surface area contributed by atoms with Crippen LogP contribution in [-0.4, -0.2) is 53.6 Å². The van der Waals surface area contributed by atoms with Gasteiger partial charge in [0.2, 0.25) is 17.7 Å². The number of anilines is 1. The molecule has 1 aliphatic heterocycles. The molecule has 1 aliphatic rings. The Bertz CT molecular complexity index is 814. The van der Waals surface area contributed by atoms with Crippen LogP contribution in [0.3, 0.4) is 0 Å². The second kappa shape index (κ2) is 10.2. The smallest absolute Gasteiger partial charge is 0.253 e. The molecule has 9 nitrogen and oxygen atoms in total. The van der Waals surface area contributed by atoms with E-state index in [-0.39, 0.29) is 25.4 Å². The number of benzene rings is 1. The highest BCUT2D eigenvalue weighted by Crippen LogP contribution is 2.10. The van der Waals surface area contributed by atoms with Crippen LogP contribution < -0.4 is 16.0 Å². The Morgan fingerprint density at radius 1 is 1.00 bits per heavy atom. The van der Waals surface area contributed by atoms with E-state index >= 15 is 0 Å². The number of nitrogens with one attached hydrogen (secondary N) is 3. The Hall–Kier alpha value is -3.49. The molecule has 0 unspecified atom stereocenters. The van der Waals surface area contributed by atoms with Crippen molar-refractivity contribution >= 4 is 35.2 Å². The molecule has 2 rings (SSSR count). The number of imide groups is 1. The molecule has 0 aliphatic carbocycles. The highest BCUT2D eigenvalue weighted by molar-refractivity contribution is 6.13. The van der Waals surface area contributed by atoms with Crippen LogP contribution in [0.25, 0.3) is 0 Å². The van der Waals surface area contributed by atoms with Crippen molar-refractivity contribution in [2.75, 3.05) is 18.4 Å². The van der Waals surface area contributed by atoms with E-state index in [4.69, 9.17) is 0 Å². The zero-order chi connectivity index (χ0) is 21.4. The third kappa shape index (κ3) is 6.56. The van der Waals surface area contributed by atoms with Crippen molar-refractivity contribution in [3.05, 3.63) is 42.0 Å². The maximum absolute atomic E-state index is 12.2. The Balaban J connectivity index is 1.69. The van der Waals surface area contributed by atoms with Gasteiger partial charge in [0.1, 0.15) is 6.04 Å². The van der Waals surface area contributed by atoms with Gasteiger partial charge in [-0.25, -0.2) is 0 Å². The minimum Gasteiger partial charge on any atom is -0.347 e. The zero-order valence-corrected chi connectivity index (χ0v) is 16.4. The first-order valence-corrected chi connectivity index (χ1v) is 9.29. The van der Waals surface area contributed by atoms with Gasteiger partial charge in [-0.2, -0.15) is 0 Å². The van der Waals surface area contributed by atoms with Crippen LogP contribution in [0.4, 0.5) is 5.69 Å². The van der Waals surface area contributed by atoms with Crippen molar-refractivity contribution in [3.63, 3.8) is 0 Å². The van der Waals surface area contributed by atoms with Crippen molar-refractivity contribution in [1.29, 1.82) is 0 Å². The molecule has 9 heteroatoms. The lowest BCUT2D eigenvalue weighted by atomic mass is 10.1. The van der Waals surface area contributed by atoms with Gasteiger partial charge in [0.25, 0.3) is 11.8 Å². The van der Waals surface area contributed by atoms with Gasteiger partial charge >= 0.3 is 0 Å². The molecule has 0 bridgehead atoms. The second-order valence-corrected chi connectivity index (χ2v) is 6.52. The minimum atomic E-state index is -0.795. The van der Waals surface area contributed by atoms with Crippen LogP contribution in [0, 0.1) is 0 Å². The highest BCUT2D eigenvalue weighted by atomic mass is 16.2. The molecule has 1 aromatic rings. The average molecular weight is 400 g/mol. The third-order valence-electron chi connectivity index (χ3n) is 4.31. The van der Waals surface area contributed by atoms with E-state index < -0.39 is 29.7 Å². The summed E-state index contributed by atoms with van der Waals surface area (Å²) in [6, 6.07) is 6.60. The molecule has 1 atom stereocenters. The summed E-state index contributed by atoms with van der Waals surface area (Å²) in [5, 5.41) is 7.59. The van der Waals surface area contributed by atoms with Crippen molar-refractivity contribution in [3.8, 4) is 0 Å². The monoisotopic (exact) mass is 400 g/mol. The summed E-state index contributed by atoms with van der Waals surface area (Å²) in [5.74, 6) is -2.33. The van der Waals surface area contributed by atoms with Gasteiger partial charge in [0, 0.05) is 30.8 Å². The van der Waals surface area contributed by atoms with Gasteiger partial charge in [-0.3, -0.25) is 28.9 Å². The summed E-state index contributed by atoms with van der Waals surface area (Å²) in [6.45, 7) is 3.19. The first kappa shape index (κ1) is 21.8. The molecule has 0 spiro atoms. The molecule has 0 aromatic heterocycles. The fraction of sp³-hybridized carbons (Fsp3) is 0.350. The number of carbonyl (C=O) groups excluding carboxylic acids is 5. The van der Waals surface area contributed by atoms with E-state index in [0.29, 0.717) is 5.69 Å². The van der Waals surface area contributed by atoms with E-state index in [1.807, 2.05) is 19.1 Å². The molecule has 3 N–H and O–H groups in total. The summed E-state index contributed by atoms with van der Waals surface area (Å²) < 4.78 is 0. The summed E-state index contributed by atoms with van der Waals surface area (Å²) in [6.07, 6.45) is 3.06. The Morgan fingerprint density at radius 2 is 1.62 bits per heavy atom. The molecule has 1 aromatic carbocycles. The summed E-state index contributed by atoms with van der Waals surface area (Å²) in [7, 11) is 0. The predicted octanol–water partition coefficient (Wildman–Crippen LogP) is 0.124. The first-order chi connectivity index (χ1) is 13.8. The molecule has 0 saturated heterocycles. The topological polar surface area (TPSA) is 125 Å². The molecule has 29 heavy (non-hydrogen) atoms. The normalized spacial score (nSPS) is 13.9. The molecule has 154 valence electrons. The highest BCUT2D eigenvalue weighted by Gasteiger charge is 2.23. The number of nitrogens with zero attached hydrogens (tertiary/aromatic N) is 1. The zero-order valence-electron chi connectivity index (χ0n) is 16.4. The van der Waals surface area contributed by atoms with Gasteiger partial charge in [-0.05, 0) is 31.0 Å². The van der Waals surface area contributed by atoms with Crippen molar-refractivity contribution < 1.29 is 24.0 Å². The molecular weight excluding hydrogens is 376 g/mol. The second-order valence-electron chi connectivity index (χ2n) is 6.52. The third-order valence-corrected chi connectivity index (χ3v) is 4.31. The number of carbonyl (C=O) groups is 5. The van der Waals surface area contributed by atoms with Crippen molar-refractivity contribution in [2.45, 2.75) is 32.7 Å². The molecular formula is C20H24N4O5. The van der Waals surface area contributed by atoms with Crippen LogP contribution in [-0.2, 0) is 30.4 Å². The minimum absolute atomic E-state index is 0.0618. The molecule has 0 radical (unpaired) electrons. The van der Waals surface area contributed by atoms with E-state index in [2.05, 4.69) is 16.0 Å². The van der Waals surface area contributed by atoms with Crippen LogP contribution >= 0.6 is 0 Å². The maximum atomic E-state index is 12.2. The number of hydrogen-bond acceptors (Lipinski definition) is 5. The fourth-order valence-corrected chi connectivity index (χ4v) is 2.56. The average Bonchev–Trinajstić information content (AvgIpc) is 3.02. The van der Waals surface area contributed by atoms with E-state index in [1.165, 1.54) is 6.92 Å². The van der Waals surface area contributed by atoms with Gasteiger partial charge in [0.05, 0.1) is 6.54 Å². The summed E-state index contributed by atoms with van der Waals surface area (Å²) in [5.41, 5.74) is 1.77. The molecule has 5 amide bonds. The van der Waals surface area contributed by atoms with E-state index in [9.17, 15) is 24.0 Å². The van der Waals surface area contributed by atoms with Crippen LogP contribution in [0.15, 0.2) is 36.4 Å². The van der Waals surface area contributed by atoms with Crippen LogP contribution in [0.1, 0.15) is 25.8 Å². The lowest BCUT2D eigenvalue weighted by molar-refractivity contribution is -0.137. The lowest BCUT2D eigenvalue weighted by Gasteiger charge is -2.15.